The van der Waals surface area contributed by atoms with Gasteiger partial charge in [-0.05, 0) is 109 Å². The van der Waals surface area contributed by atoms with Crippen LogP contribution in [0, 0.1) is 11.8 Å². The predicted octanol–water partition coefficient (Wildman–Crippen LogP) is 8.06. The molecule has 63 heavy (non-hydrogen) atoms. The summed E-state index contributed by atoms with van der Waals surface area (Å²) in [6.07, 6.45) is 7.10. The lowest BCUT2D eigenvalue weighted by atomic mass is 9.94. The van der Waals surface area contributed by atoms with E-state index in [1.807, 2.05) is 37.5 Å². The number of hydrogen-bond acceptors (Lipinski definition) is 10. The van der Waals surface area contributed by atoms with Crippen LogP contribution in [-0.4, -0.2) is 102 Å². The molecule has 2 saturated heterocycles. The Morgan fingerprint density at radius 2 is 1.08 bits per heavy atom. The molecule has 0 aromatic heterocycles. The van der Waals surface area contributed by atoms with Crippen LogP contribution >= 0.6 is 0 Å². The molecule has 4 atom stereocenters. The number of hydrogen-bond donors (Lipinski definition) is 2. The number of aliphatic imine (C=N–C) groups is 2. The van der Waals surface area contributed by atoms with Gasteiger partial charge in [0.2, 0.25) is 11.8 Å². The number of benzene rings is 3. The van der Waals surface area contributed by atoms with Crippen LogP contribution < -0.4 is 20.1 Å². The minimum absolute atomic E-state index is 0.107. The molecule has 3 aromatic carbocycles. The normalized spacial score (nSPS) is 21.3. The van der Waals surface area contributed by atoms with Gasteiger partial charge in [-0.25, -0.2) is 9.59 Å². The molecule has 4 amide bonds. The fourth-order valence-corrected chi connectivity index (χ4v) is 10.4. The number of likely N-dealkylation sites (tertiary alicyclic amines) is 2. The molecule has 14 heteroatoms. The van der Waals surface area contributed by atoms with Crippen LogP contribution in [0.2, 0.25) is 0 Å². The van der Waals surface area contributed by atoms with Crippen LogP contribution in [0.25, 0.3) is 22.3 Å². The summed E-state index contributed by atoms with van der Waals surface area (Å²) in [5.74, 6) is 0.363. The first-order valence-electron chi connectivity index (χ1n) is 22.6. The molecule has 0 unspecified atom stereocenters. The second-order valence-electron chi connectivity index (χ2n) is 18.5. The Morgan fingerprint density at radius 3 is 1.48 bits per heavy atom. The van der Waals surface area contributed by atoms with E-state index < -0.39 is 30.1 Å². The summed E-state index contributed by atoms with van der Waals surface area (Å²) in [5, 5.41) is 5.49. The molecule has 3 aromatic rings. The number of carbonyl (C=O) groups is 4. The lowest BCUT2D eigenvalue weighted by molar-refractivity contribution is -0.134. The lowest BCUT2D eigenvalue weighted by Crippen LogP contribution is -2.53. The van der Waals surface area contributed by atoms with Crippen molar-refractivity contribution in [1.29, 1.82) is 0 Å². The molecule has 5 heterocycles. The smallest absolute Gasteiger partial charge is 0.407 e. The highest BCUT2D eigenvalue weighted by Gasteiger charge is 2.47. The van der Waals surface area contributed by atoms with Gasteiger partial charge in [0.25, 0.3) is 5.79 Å². The van der Waals surface area contributed by atoms with Crippen LogP contribution in [-0.2, 0) is 31.9 Å². The van der Waals surface area contributed by atoms with Crippen molar-refractivity contribution in [1.82, 2.24) is 20.4 Å². The Hall–Kier alpha value is -5.92. The Labute approximate surface area is 368 Å². The third-order valence-corrected chi connectivity index (χ3v) is 13.7. The number of nitrogens with zero attached hydrogens (tertiary/aromatic N) is 4. The van der Waals surface area contributed by atoms with E-state index in [1.165, 1.54) is 14.2 Å². The van der Waals surface area contributed by atoms with Gasteiger partial charge >= 0.3 is 12.2 Å². The van der Waals surface area contributed by atoms with Gasteiger partial charge in [-0.3, -0.25) is 19.6 Å². The highest BCUT2D eigenvalue weighted by atomic mass is 16.7. The van der Waals surface area contributed by atoms with Crippen LogP contribution in [0.3, 0.4) is 0 Å². The largest absolute Gasteiger partial charge is 0.453 e. The van der Waals surface area contributed by atoms with E-state index >= 15 is 0 Å². The van der Waals surface area contributed by atoms with Gasteiger partial charge in [0, 0.05) is 61.3 Å². The molecule has 1 saturated carbocycles. The molecule has 1 aliphatic carbocycles. The Balaban J connectivity index is 0.952. The first-order chi connectivity index (χ1) is 30.4. The second kappa shape index (κ2) is 17.0. The summed E-state index contributed by atoms with van der Waals surface area (Å²) < 4.78 is 23.4. The summed E-state index contributed by atoms with van der Waals surface area (Å²) >= 11 is 0. The van der Waals surface area contributed by atoms with Gasteiger partial charge in [-0.1, -0.05) is 39.8 Å². The van der Waals surface area contributed by atoms with Crippen molar-refractivity contribution in [3.8, 4) is 33.8 Å². The maximum atomic E-state index is 13.8. The molecule has 14 nitrogen and oxygen atoms in total. The number of rotatable bonds is 10. The minimum atomic E-state index is -0.697. The Bertz CT molecular complexity index is 2240. The molecule has 332 valence electrons. The summed E-state index contributed by atoms with van der Waals surface area (Å²) in [6, 6.07) is 15.3. The third-order valence-electron chi connectivity index (χ3n) is 13.7. The van der Waals surface area contributed by atoms with E-state index in [4.69, 9.17) is 28.9 Å². The van der Waals surface area contributed by atoms with Crippen LogP contribution in [0.4, 0.5) is 21.0 Å². The number of carbonyl (C=O) groups excluding carboxylic acids is 4. The molecule has 2 N–H and O–H groups in total. The topological polar surface area (TPSA) is 160 Å². The van der Waals surface area contributed by atoms with Crippen molar-refractivity contribution >= 4 is 46.8 Å². The van der Waals surface area contributed by atoms with E-state index in [9.17, 15) is 19.2 Å². The van der Waals surface area contributed by atoms with Gasteiger partial charge in [0.05, 0.1) is 37.7 Å². The number of ether oxygens (including phenoxy) is 4. The van der Waals surface area contributed by atoms with E-state index in [0.29, 0.717) is 25.9 Å². The molecular formula is C49H58N6O8. The number of amides is 4. The number of nitrogens with one attached hydrogen (secondary N) is 2. The zero-order valence-corrected chi connectivity index (χ0v) is 37.1. The van der Waals surface area contributed by atoms with Gasteiger partial charge < -0.3 is 39.4 Å². The predicted molar refractivity (Wildman–Crippen MR) is 239 cm³/mol. The Morgan fingerprint density at radius 1 is 0.651 bits per heavy atom. The lowest BCUT2D eigenvalue weighted by Gasteiger charge is -2.30. The second-order valence-corrected chi connectivity index (χ2v) is 18.5. The first kappa shape index (κ1) is 42.4. The summed E-state index contributed by atoms with van der Waals surface area (Å²) in [4.78, 5) is 65.8. The molecule has 1 spiro atoms. The monoisotopic (exact) mass is 858 g/mol. The van der Waals surface area contributed by atoms with Crippen molar-refractivity contribution < 1.29 is 38.1 Å². The van der Waals surface area contributed by atoms with E-state index in [0.717, 1.165) is 119 Å². The average Bonchev–Trinajstić information content (AvgIpc) is 4.14. The summed E-state index contributed by atoms with van der Waals surface area (Å²) in [5.41, 5.74) is 9.86. The van der Waals surface area contributed by atoms with Gasteiger partial charge in [0.15, 0.2) is 11.5 Å². The number of fused-ring (bicyclic) bond motifs is 3. The van der Waals surface area contributed by atoms with Crippen molar-refractivity contribution in [2.75, 3.05) is 27.3 Å². The quantitative estimate of drug-likeness (QED) is 0.207. The molecule has 9 rings (SSSR count). The van der Waals surface area contributed by atoms with Crippen molar-refractivity contribution in [2.45, 2.75) is 122 Å². The van der Waals surface area contributed by atoms with Crippen LogP contribution in [0.1, 0.15) is 90.2 Å². The fraction of sp³-hybridized carbons (Fsp3) is 0.510. The van der Waals surface area contributed by atoms with Crippen molar-refractivity contribution in [3.63, 3.8) is 0 Å². The van der Waals surface area contributed by atoms with Crippen LogP contribution in [0.5, 0.6) is 11.5 Å². The molecule has 3 fully saturated rings. The minimum Gasteiger partial charge on any atom is -0.453 e. The maximum Gasteiger partial charge on any atom is 0.407 e. The maximum absolute atomic E-state index is 13.8. The highest BCUT2D eigenvalue weighted by molar-refractivity contribution is 6.03. The number of alkyl carbamates (subject to hydrolysis) is 2. The molecule has 0 radical (unpaired) electrons. The van der Waals surface area contributed by atoms with Gasteiger partial charge in [0.1, 0.15) is 12.1 Å². The van der Waals surface area contributed by atoms with Crippen molar-refractivity contribution in [3.05, 3.63) is 59.7 Å². The van der Waals surface area contributed by atoms with E-state index in [1.54, 1.807) is 0 Å². The van der Waals surface area contributed by atoms with E-state index in [2.05, 4.69) is 59.2 Å². The Kier molecular flexibility index (Phi) is 11.4. The van der Waals surface area contributed by atoms with Gasteiger partial charge in [-0.2, -0.15) is 0 Å². The van der Waals surface area contributed by atoms with E-state index in [-0.39, 0.29) is 35.7 Å². The van der Waals surface area contributed by atoms with Gasteiger partial charge in [-0.15, -0.1) is 0 Å². The zero-order valence-electron chi connectivity index (χ0n) is 37.1. The number of methoxy groups -OCH3 is 2. The molecule has 0 bridgehead atoms. The average molecular weight is 859 g/mol. The first-order valence-corrected chi connectivity index (χ1v) is 22.6. The highest BCUT2D eigenvalue weighted by Crippen LogP contribution is 2.55. The standard InChI is InChI=1S/C49H58N6O8/c1-27(2)41(52-47(58)60-5)45(56)54-21-9-11-39(54)37-25-31-23-29(13-17-35(31)50-37)33-15-16-34(44-43(33)62-49(63-44)19-7-8-20-49)30-14-18-36-32(24-30)26-38(51-36)40-12-10-22-55(40)46(57)42(28(3)4)53-48(59)61-6/h13-18,23-24,27-28,39-42H,7-12,19-22,25-26H2,1-6H3,(H,52,58)(H,53,59)/t39-,40-,41-,42-/m0/s1. The fourth-order valence-electron chi connectivity index (χ4n) is 10.4. The summed E-state index contributed by atoms with van der Waals surface area (Å²) in [7, 11) is 2.61. The molecule has 6 aliphatic rings. The third kappa shape index (κ3) is 7.90. The van der Waals surface area contributed by atoms with Crippen molar-refractivity contribution in [2.24, 2.45) is 21.8 Å². The van der Waals surface area contributed by atoms with Crippen LogP contribution in [0.15, 0.2) is 58.5 Å². The molecule has 5 aliphatic heterocycles. The summed E-state index contributed by atoms with van der Waals surface area (Å²) in [6.45, 7) is 8.92. The SMILES string of the molecule is COC(=O)N[C@H](C(=O)N1CCC[C@H]1C1=Nc2ccc(-c3ccc(-c4ccc5c(c4)CC([C@@H]4CCCN4C(=O)[C@@H](NC(=O)OC)C(C)C)=N5)c4c3OC3(CCCC3)O4)cc2C1)C(C)C. The molecular weight excluding hydrogens is 801 g/mol. The zero-order chi connectivity index (χ0) is 44.2.